The summed E-state index contributed by atoms with van der Waals surface area (Å²) in [5, 5.41) is 0. The number of ether oxygens (including phenoxy) is 2. The van der Waals surface area contributed by atoms with Crippen molar-refractivity contribution in [3.8, 4) is 5.75 Å². The second kappa shape index (κ2) is 5.25. The molecule has 1 aromatic carbocycles. The first-order chi connectivity index (χ1) is 8.24. The third-order valence-electron chi connectivity index (χ3n) is 1.80. The lowest BCUT2D eigenvalue weighted by molar-refractivity contribution is -0.275. The van der Waals surface area contributed by atoms with Gasteiger partial charge in [-0.25, -0.2) is 13.2 Å². The van der Waals surface area contributed by atoms with E-state index in [1.54, 1.807) is 0 Å². The fourth-order valence-corrected chi connectivity index (χ4v) is 1.66. The van der Waals surface area contributed by atoms with Gasteiger partial charge in [-0.3, -0.25) is 0 Å². The maximum atomic E-state index is 12.0. The van der Waals surface area contributed by atoms with Crippen LogP contribution in [0.4, 0.5) is 13.2 Å². The largest absolute Gasteiger partial charge is 0.573 e. The Balaban J connectivity index is 3.25. The molecule has 0 aliphatic heterocycles. The van der Waals surface area contributed by atoms with Crippen LogP contribution in [0.1, 0.15) is 10.4 Å². The lowest BCUT2D eigenvalue weighted by Gasteiger charge is -2.11. The van der Waals surface area contributed by atoms with E-state index in [-0.39, 0.29) is 5.56 Å². The summed E-state index contributed by atoms with van der Waals surface area (Å²) in [7, 11) is -2.29. The third-order valence-corrected chi connectivity index (χ3v) is 2.55. The summed E-state index contributed by atoms with van der Waals surface area (Å²) in [5.41, 5.74) is -0.193. The molecular formula is C9H7F3O5S. The zero-order chi connectivity index (χ0) is 13.9. The molecule has 100 valence electrons. The Morgan fingerprint density at radius 1 is 1.28 bits per heavy atom. The molecule has 0 N–H and O–H groups in total. The van der Waals surface area contributed by atoms with Crippen LogP contribution >= 0.6 is 0 Å². The van der Waals surface area contributed by atoms with Gasteiger partial charge in [-0.2, -0.15) is 0 Å². The topological polar surface area (TPSA) is 69.7 Å². The molecule has 5 nitrogen and oxygen atoms in total. The number of alkyl halides is 3. The average molecular weight is 284 g/mol. The molecule has 0 bridgehead atoms. The lowest BCUT2D eigenvalue weighted by Crippen LogP contribution is -2.18. The van der Waals surface area contributed by atoms with Gasteiger partial charge in [0.15, 0.2) is 10.7 Å². The van der Waals surface area contributed by atoms with E-state index in [0.29, 0.717) is 0 Å². The molecule has 1 rings (SSSR count). The number of methoxy groups -OCH3 is 1. The second-order valence-electron chi connectivity index (χ2n) is 2.98. The molecule has 0 amide bonds. The maximum Gasteiger partial charge on any atom is 0.573 e. The van der Waals surface area contributed by atoms with E-state index in [4.69, 9.17) is 0 Å². The van der Waals surface area contributed by atoms with Crippen molar-refractivity contribution in [2.75, 3.05) is 7.11 Å². The van der Waals surface area contributed by atoms with Crippen LogP contribution in [-0.4, -0.2) is 27.9 Å². The number of hydrogen-bond donors (Lipinski definition) is 1. The van der Waals surface area contributed by atoms with Crippen molar-refractivity contribution in [1.82, 2.24) is 0 Å². The first-order valence-corrected chi connectivity index (χ1v) is 5.55. The zero-order valence-corrected chi connectivity index (χ0v) is 9.75. The van der Waals surface area contributed by atoms with Gasteiger partial charge >= 0.3 is 12.3 Å². The van der Waals surface area contributed by atoms with Crippen LogP contribution in [0.2, 0.25) is 0 Å². The molecule has 0 spiro atoms. The van der Waals surface area contributed by atoms with Gasteiger partial charge in [0, 0.05) is 0 Å². The summed E-state index contributed by atoms with van der Waals surface area (Å²) in [5.74, 6) is -1.77. The van der Waals surface area contributed by atoms with Crippen LogP contribution in [0, 0.1) is 0 Å². The molecule has 0 saturated heterocycles. The van der Waals surface area contributed by atoms with Gasteiger partial charge in [0.25, 0.3) is 0 Å². The van der Waals surface area contributed by atoms with Crippen molar-refractivity contribution in [1.29, 1.82) is 0 Å². The molecule has 1 aromatic rings. The molecule has 0 heterocycles. The highest BCUT2D eigenvalue weighted by atomic mass is 32.2. The quantitative estimate of drug-likeness (QED) is 0.670. The van der Waals surface area contributed by atoms with E-state index < -0.39 is 33.7 Å². The van der Waals surface area contributed by atoms with Crippen molar-refractivity contribution in [2.45, 2.75) is 11.3 Å². The van der Waals surface area contributed by atoms with Crippen LogP contribution in [0.25, 0.3) is 0 Å². The molecule has 0 radical (unpaired) electrons. The van der Waals surface area contributed by atoms with Crippen molar-refractivity contribution < 1.29 is 35.9 Å². The number of carbonyl (C=O) groups is 1. The molecule has 0 aliphatic rings. The van der Waals surface area contributed by atoms with E-state index >= 15 is 0 Å². The Kier molecular flexibility index (Phi) is 4.17. The fraction of sp³-hybridized carbons (Fsp3) is 0.222. The number of benzene rings is 1. The van der Waals surface area contributed by atoms with E-state index in [2.05, 4.69) is 9.47 Å². The smallest absolute Gasteiger partial charge is 0.465 e. The Labute approximate surface area is 101 Å². The molecule has 0 aliphatic carbocycles. The minimum atomic E-state index is -5.02. The fourth-order valence-electron chi connectivity index (χ4n) is 1.12. The molecular weight excluding hydrogens is 277 g/mol. The van der Waals surface area contributed by atoms with Crippen molar-refractivity contribution in [3.05, 3.63) is 23.8 Å². The standard InChI is InChI=1S/C9H7F3O5S/c1-16-8(13)5-2-3-6(17-9(10,11)12)7(4-5)18(14)15/h2-4,18H,1H3. The van der Waals surface area contributed by atoms with Crippen LogP contribution in [0.15, 0.2) is 23.1 Å². The van der Waals surface area contributed by atoms with Gasteiger partial charge in [-0.05, 0) is 18.2 Å². The highest BCUT2D eigenvalue weighted by Crippen LogP contribution is 2.28. The number of rotatable bonds is 3. The summed E-state index contributed by atoms with van der Waals surface area (Å²) in [4.78, 5) is 10.4. The summed E-state index contributed by atoms with van der Waals surface area (Å²) in [6.07, 6.45) is -5.02. The minimum absolute atomic E-state index is 0.193. The monoisotopic (exact) mass is 284 g/mol. The molecule has 9 heteroatoms. The highest BCUT2D eigenvalue weighted by Gasteiger charge is 2.32. The molecule has 0 atom stereocenters. The van der Waals surface area contributed by atoms with E-state index in [1.165, 1.54) is 0 Å². The molecule has 18 heavy (non-hydrogen) atoms. The van der Waals surface area contributed by atoms with Crippen molar-refractivity contribution in [3.63, 3.8) is 0 Å². The van der Waals surface area contributed by atoms with Crippen LogP contribution in [-0.2, 0) is 15.4 Å². The summed E-state index contributed by atoms with van der Waals surface area (Å²) < 4.78 is 65.5. The van der Waals surface area contributed by atoms with Crippen LogP contribution in [0.5, 0.6) is 5.75 Å². The number of carbonyl (C=O) groups excluding carboxylic acids is 1. The van der Waals surface area contributed by atoms with Crippen LogP contribution in [0.3, 0.4) is 0 Å². The SMILES string of the molecule is COC(=O)c1ccc(OC(F)(F)F)c([SH](=O)=O)c1. The molecule has 0 fully saturated rings. The van der Waals surface area contributed by atoms with Gasteiger partial charge in [0.05, 0.1) is 12.7 Å². The van der Waals surface area contributed by atoms with Crippen LogP contribution < -0.4 is 4.74 Å². The summed E-state index contributed by atoms with van der Waals surface area (Å²) in [6, 6.07) is 2.45. The Morgan fingerprint density at radius 3 is 2.33 bits per heavy atom. The van der Waals surface area contributed by atoms with Gasteiger partial charge in [-0.15, -0.1) is 13.2 Å². The number of esters is 1. The Morgan fingerprint density at radius 2 is 1.89 bits per heavy atom. The Bertz CT molecular complexity index is 527. The summed E-state index contributed by atoms with van der Waals surface area (Å²) >= 11 is 0. The maximum absolute atomic E-state index is 12.0. The Hall–Kier alpha value is -1.77. The van der Waals surface area contributed by atoms with Gasteiger partial charge < -0.3 is 9.47 Å². The molecule has 0 aromatic heterocycles. The van der Waals surface area contributed by atoms with Gasteiger partial charge in [0.1, 0.15) is 10.6 Å². The number of thiol groups is 1. The van der Waals surface area contributed by atoms with Crippen molar-refractivity contribution in [2.24, 2.45) is 0 Å². The second-order valence-corrected chi connectivity index (χ2v) is 3.98. The predicted octanol–water partition coefficient (Wildman–Crippen LogP) is 1.34. The first kappa shape index (κ1) is 14.3. The van der Waals surface area contributed by atoms with Gasteiger partial charge in [-0.1, -0.05) is 0 Å². The predicted molar refractivity (Wildman–Crippen MR) is 53.0 cm³/mol. The van der Waals surface area contributed by atoms with E-state index in [0.717, 1.165) is 25.3 Å². The number of hydrogen-bond acceptors (Lipinski definition) is 5. The van der Waals surface area contributed by atoms with Crippen molar-refractivity contribution >= 4 is 16.7 Å². The average Bonchev–Trinajstić information content (AvgIpc) is 2.26. The minimum Gasteiger partial charge on any atom is -0.465 e. The molecule has 0 saturated carbocycles. The zero-order valence-electron chi connectivity index (χ0n) is 8.85. The number of halogens is 3. The molecule has 0 unspecified atom stereocenters. The van der Waals surface area contributed by atoms with E-state index in [9.17, 15) is 26.4 Å². The van der Waals surface area contributed by atoms with E-state index in [1.807, 2.05) is 0 Å². The lowest BCUT2D eigenvalue weighted by atomic mass is 10.2. The normalized spacial score (nSPS) is 11.4. The third kappa shape index (κ3) is 3.62. The highest BCUT2D eigenvalue weighted by molar-refractivity contribution is 7.72. The summed E-state index contributed by atoms with van der Waals surface area (Å²) in [6.45, 7) is 0. The van der Waals surface area contributed by atoms with Gasteiger partial charge in [0.2, 0.25) is 0 Å². The first-order valence-electron chi connectivity index (χ1n) is 4.37.